The number of carbonyl (C=O) groups excluding carboxylic acids is 2. The molecule has 23 heavy (non-hydrogen) atoms. The van der Waals surface area contributed by atoms with Gasteiger partial charge in [-0.25, -0.2) is 9.59 Å². The van der Waals surface area contributed by atoms with Gasteiger partial charge in [0.05, 0.1) is 16.3 Å². The van der Waals surface area contributed by atoms with Crippen molar-refractivity contribution in [2.24, 2.45) is 0 Å². The monoisotopic (exact) mass is 321 g/mol. The highest BCUT2D eigenvalue weighted by Crippen LogP contribution is 2.28. The molecule has 0 unspecified atom stereocenters. The summed E-state index contributed by atoms with van der Waals surface area (Å²) in [5.74, 6) is -3.00. The maximum atomic E-state index is 11.8. The van der Waals surface area contributed by atoms with Crippen LogP contribution >= 0.6 is 0 Å². The molecule has 1 heterocycles. The minimum Gasteiger partial charge on any atom is -0.419 e. The molecule has 0 aliphatic carbocycles. The Balaban J connectivity index is 2.29. The van der Waals surface area contributed by atoms with Gasteiger partial charge < -0.3 is 20.1 Å². The number of nitrogens with one attached hydrogen (secondary N) is 2. The number of carbonyl (C=O) groups is 2. The number of esters is 2. The number of anilines is 2. The Morgan fingerprint density at radius 1 is 1.17 bits per heavy atom. The van der Waals surface area contributed by atoms with Crippen LogP contribution in [0.15, 0.2) is 30.0 Å². The summed E-state index contributed by atoms with van der Waals surface area (Å²) in [6, 6.07) is 4.10. The molecule has 0 radical (unpaired) electrons. The van der Waals surface area contributed by atoms with Gasteiger partial charge in [-0.05, 0) is 6.07 Å². The van der Waals surface area contributed by atoms with Gasteiger partial charge in [-0.15, -0.1) is 0 Å². The number of nitro groups is 1. The fourth-order valence-corrected chi connectivity index (χ4v) is 1.91. The number of rotatable bonds is 4. The largest absolute Gasteiger partial charge is 0.419 e. The van der Waals surface area contributed by atoms with Crippen LogP contribution in [0.2, 0.25) is 0 Å². The second kappa shape index (κ2) is 5.95. The summed E-state index contributed by atoms with van der Waals surface area (Å²) in [6.45, 7) is 2.87. The maximum Gasteiger partial charge on any atom is 0.350 e. The van der Waals surface area contributed by atoms with Crippen molar-refractivity contribution < 1.29 is 24.0 Å². The molecular weight excluding hydrogens is 306 g/mol. The number of cyclic esters (lactones) is 2. The molecule has 1 aromatic carbocycles. The van der Waals surface area contributed by atoms with E-state index >= 15 is 0 Å². The molecule has 0 atom stereocenters. The molecule has 0 spiro atoms. The Morgan fingerprint density at radius 2 is 1.78 bits per heavy atom. The van der Waals surface area contributed by atoms with E-state index in [1.165, 1.54) is 32.0 Å². The van der Waals surface area contributed by atoms with Crippen molar-refractivity contribution >= 4 is 29.0 Å². The third-order valence-corrected chi connectivity index (χ3v) is 2.97. The molecule has 9 heteroatoms. The number of hydrogen-bond donors (Lipinski definition) is 2. The summed E-state index contributed by atoms with van der Waals surface area (Å²) in [6.07, 6.45) is 1.10. The van der Waals surface area contributed by atoms with Crippen molar-refractivity contribution in [3.8, 4) is 0 Å². The lowest BCUT2D eigenvalue weighted by molar-refractivity contribution is -0.384. The number of non-ortho nitro benzene ring substituents is 1. The van der Waals surface area contributed by atoms with Gasteiger partial charge in [0.15, 0.2) is 5.57 Å². The lowest BCUT2D eigenvalue weighted by Crippen LogP contribution is -2.42. The second-order valence-electron chi connectivity index (χ2n) is 5.12. The van der Waals surface area contributed by atoms with Gasteiger partial charge in [-0.3, -0.25) is 10.1 Å². The molecule has 9 nitrogen and oxygen atoms in total. The van der Waals surface area contributed by atoms with E-state index < -0.39 is 22.6 Å². The van der Waals surface area contributed by atoms with E-state index in [2.05, 4.69) is 10.6 Å². The molecule has 0 amide bonds. The van der Waals surface area contributed by atoms with Crippen LogP contribution in [0.3, 0.4) is 0 Å². The molecule has 0 aromatic heterocycles. The van der Waals surface area contributed by atoms with Gasteiger partial charge >= 0.3 is 11.9 Å². The quantitative estimate of drug-likeness (QED) is 0.283. The number of ether oxygens (including phenoxy) is 2. The van der Waals surface area contributed by atoms with Crippen LogP contribution < -0.4 is 10.6 Å². The summed E-state index contributed by atoms with van der Waals surface area (Å²) in [5, 5.41) is 16.4. The van der Waals surface area contributed by atoms with Crippen molar-refractivity contribution in [1.82, 2.24) is 0 Å². The van der Waals surface area contributed by atoms with Crippen molar-refractivity contribution in [2.75, 3.05) is 17.7 Å². The first-order valence-corrected chi connectivity index (χ1v) is 6.63. The van der Waals surface area contributed by atoms with Crippen LogP contribution in [-0.4, -0.2) is 29.7 Å². The molecule has 1 aromatic rings. The van der Waals surface area contributed by atoms with E-state index in [0.29, 0.717) is 11.4 Å². The fourth-order valence-electron chi connectivity index (χ4n) is 1.91. The van der Waals surface area contributed by atoms with E-state index in [1.54, 1.807) is 7.05 Å². The zero-order chi connectivity index (χ0) is 17.2. The lowest BCUT2D eigenvalue weighted by Gasteiger charge is -2.29. The SMILES string of the molecule is CNc1ccc([N+](=O)[O-])cc1NC=C1C(=O)OC(C)(C)OC1=O. The topological polar surface area (TPSA) is 120 Å². The van der Waals surface area contributed by atoms with Gasteiger partial charge in [0, 0.05) is 39.2 Å². The first kappa shape index (κ1) is 16.3. The molecule has 2 N–H and O–H groups in total. The number of nitro benzene ring substituents is 1. The Labute approximate surface area is 131 Å². The predicted octanol–water partition coefficient (Wildman–Crippen LogP) is 1.77. The average molecular weight is 321 g/mol. The van der Waals surface area contributed by atoms with Gasteiger partial charge in [-0.2, -0.15) is 0 Å². The van der Waals surface area contributed by atoms with E-state index in [9.17, 15) is 19.7 Å². The normalized spacial score (nSPS) is 16.2. The van der Waals surface area contributed by atoms with Crippen LogP contribution in [0.5, 0.6) is 0 Å². The van der Waals surface area contributed by atoms with Gasteiger partial charge in [0.2, 0.25) is 0 Å². The average Bonchev–Trinajstić information content (AvgIpc) is 2.44. The molecule has 1 aliphatic rings. The van der Waals surface area contributed by atoms with Crippen LogP contribution in [0.1, 0.15) is 13.8 Å². The Hall–Kier alpha value is -3.10. The standard InChI is InChI=1S/C14H15N3O6/c1-14(2)22-12(18)9(13(19)23-14)7-16-11-6-8(17(20)21)4-5-10(11)15-3/h4-7,15-16H,1-3H3. The third-order valence-electron chi connectivity index (χ3n) is 2.97. The van der Waals surface area contributed by atoms with Crippen molar-refractivity contribution in [1.29, 1.82) is 0 Å². The second-order valence-corrected chi connectivity index (χ2v) is 5.12. The first-order chi connectivity index (χ1) is 10.7. The summed E-state index contributed by atoms with van der Waals surface area (Å²) in [5.41, 5.74) is 0.391. The van der Waals surface area contributed by atoms with Crippen molar-refractivity contribution in [2.45, 2.75) is 19.6 Å². The summed E-state index contributed by atoms with van der Waals surface area (Å²) in [7, 11) is 1.63. The van der Waals surface area contributed by atoms with Gasteiger partial charge in [0.1, 0.15) is 0 Å². The molecule has 122 valence electrons. The Morgan fingerprint density at radius 3 is 2.30 bits per heavy atom. The highest BCUT2D eigenvalue weighted by molar-refractivity contribution is 6.15. The predicted molar refractivity (Wildman–Crippen MR) is 80.6 cm³/mol. The lowest BCUT2D eigenvalue weighted by atomic mass is 10.2. The van der Waals surface area contributed by atoms with Crippen molar-refractivity contribution in [3.63, 3.8) is 0 Å². The van der Waals surface area contributed by atoms with E-state index in [4.69, 9.17) is 9.47 Å². The zero-order valence-corrected chi connectivity index (χ0v) is 12.7. The summed E-state index contributed by atoms with van der Waals surface area (Å²) >= 11 is 0. The minimum atomic E-state index is -1.33. The first-order valence-electron chi connectivity index (χ1n) is 6.63. The zero-order valence-electron chi connectivity index (χ0n) is 12.7. The molecule has 1 fully saturated rings. The minimum absolute atomic E-state index is 0.139. The van der Waals surface area contributed by atoms with Crippen LogP contribution in [0, 0.1) is 10.1 Å². The Kier molecular flexibility index (Phi) is 4.21. The number of nitrogens with zero attached hydrogens (tertiary/aromatic N) is 1. The molecule has 1 saturated heterocycles. The molecular formula is C14H15N3O6. The summed E-state index contributed by atoms with van der Waals surface area (Å²) < 4.78 is 9.90. The van der Waals surface area contributed by atoms with Gasteiger partial charge in [0.25, 0.3) is 11.5 Å². The smallest absolute Gasteiger partial charge is 0.350 e. The van der Waals surface area contributed by atoms with Gasteiger partial charge in [-0.1, -0.05) is 0 Å². The fraction of sp³-hybridized carbons (Fsp3) is 0.286. The van der Waals surface area contributed by atoms with E-state index in [1.807, 2.05) is 0 Å². The van der Waals surface area contributed by atoms with Crippen LogP contribution in [-0.2, 0) is 19.1 Å². The summed E-state index contributed by atoms with van der Waals surface area (Å²) in [4.78, 5) is 33.9. The molecule has 0 saturated carbocycles. The molecule has 2 rings (SSSR count). The van der Waals surface area contributed by atoms with Crippen LogP contribution in [0.25, 0.3) is 0 Å². The number of benzene rings is 1. The third kappa shape index (κ3) is 3.57. The molecule has 0 bridgehead atoms. The maximum absolute atomic E-state index is 11.8. The molecule has 1 aliphatic heterocycles. The van der Waals surface area contributed by atoms with Crippen molar-refractivity contribution in [3.05, 3.63) is 40.1 Å². The van der Waals surface area contributed by atoms with Crippen LogP contribution in [0.4, 0.5) is 17.1 Å². The number of hydrogen-bond acceptors (Lipinski definition) is 8. The van der Waals surface area contributed by atoms with E-state index in [0.717, 1.165) is 6.20 Å². The Bertz CT molecular complexity index is 688. The van der Waals surface area contributed by atoms with E-state index in [-0.39, 0.29) is 11.3 Å². The highest BCUT2D eigenvalue weighted by atomic mass is 16.7. The highest BCUT2D eigenvalue weighted by Gasteiger charge is 2.38.